The summed E-state index contributed by atoms with van der Waals surface area (Å²) in [5, 5.41) is 3.45. The summed E-state index contributed by atoms with van der Waals surface area (Å²) in [4.78, 5) is 2.14. The maximum atomic E-state index is 5.63. The molecule has 0 fully saturated rings. The van der Waals surface area contributed by atoms with E-state index in [-0.39, 0.29) is 6.41 Å². The molecule has 1 aliphatic heterocycles. The Morgan fingerprint density at radius 2 is 1.95 bits per heavy atom. The van der Waals surface area contributed by atoms with Gasteiger partial charge in [0, 0.05) is 37.9 Å². The maximum absolute atomic E-state index is 5.63. The van der Waals surface area contributed by atoms with Crippen molar-refractivity contribution in [2.24, 2.45) is 0 Å². The fourth-order valence-corrected chi connectivity index (χ4v) is 2.54. The minimum atomic E-state index is -0.247. The Labute approximate surface area is 115 Å². The molecule has 0 saturated heterocycles. The molecule has 0 amide bonds. The molecule has 106 valence electrons. The molecular formula is C15H24N2O2. The molecular weight excluding hydrogens is 240 g/mol. The van der Waals surface area contributed by atoms with Crippen molar-refractivity contribution in [3.63, 3.8) is 0 Å². The van der Waals surface area contributed by atoms with E-state index in [2.05, 4.69) is 41.5 Å². The number of nitrogens with one attached hydrogen (secondary N) is 1. The lowest BCUT2D eigenvalue weighted by Crippen LogP contribution is -2.39. The monoisotopic (exact) mass is 264 g/mol. The molecule has 1 aromatic rings. The van der Waals surface area contributed by atoms with Gasteiger partial charge < -0.3 is 14.8 Å². The highest BCUT2D eigenvalue weighted by Gasteiger charge is 2.25. The molecule has 0 saturated carbocycles. The van der Waals surface area contributed by atoms with Gasteiger partial charge in [-0.2, -0.15) is 0 Å². The minimum absolute atomic E-state index is 0.247. The van der Waals surface area contributed by atoms with E-state index in [4.69, 9.17) is 9.47 Å². The summed E-state index contributed by atoms with van der Waals surface area (Å²) in [5.74, 6) is 0.490. The van der Waals surface area contributed by atoms with Crippen LogP contribution in [0.25, 0.3) is 0 Å². The van der Waals surface area contributed by atoms with E-state index in [1.807, 2.05) is 13.8 Å². The fraction of sp³-hybridized carbons (Fsp3) is 0.600. The van der Waals surface area contributed by atoms with Gasteiger partial charge in [0.25, 0.3) is 0 Å². The number of para-hydroxylation sites is 1. The SMILES string of the molecule is CCOC(OCC)N(C)C[C@H]1CNc2ccccc21. The molecule has 4 heteroatoms. The average molecular weight is 264 g/mol. The van der Waals surface area contributed by atoms with Gasteiger partial charge in [-0.1, -0.05) is 18.2 Å². The number of fused-ring (bicyclic) bond motifs is 1. The lowest BCUT2D eigenvalue weighted by molar-refractivity contribution is -0.213. The van der Waals surface area contributed by atoms with Gasteiger partial charge in [0.2, 0.25) is 6.41 Å². The van der Waals surface area contributed by atoms with Crippen molar-refractivity contribution in [1.82, 2.24) is 4.90 Å². The zero-order valence-corrected chi connectivity index (χ0v) is 12.1. The third kappa shape index (κ3) is 3.47. The van der Waals surface area contributed by atoms with Crippen molar-refractivity contribution in [2.45, 2.75) is 26.2 Å². The smallest absolute Gasteiger partial charge is 0.218 e. The Morgan fingerprint density at radius 3 is 2.63 bits per heavy atom. The van der Waals surface area contributed by atoms with Crippen molar-refractivity contribution in [2.75, 3.05) is 38.7 Å². The van der Waals surface area contributed by atoms with Crippen LogP contribution in [0.1, 0.15) is 25.3 Å². The van der Waals surface area contributed by atoms with Crippen molar-refractivity contribution >= 4 is 5.69 Å². The van der Waals surface area contributed by atoms with E-state index in [1.165, 1.54) is 11.3 Å². The van der Waals surface area contributed by atoms with E-state index in [9.17, 15) is 0 Å². The van der Waals surface area contributed by atoms with E-state index in [0.717, 1.165) is 13.1 Å². The van der Waals surface area contributed by atoms with Crippen LogP contribution in [0.5, 0.6) is 0 Å². The molecule has 0 aromatic heterocycles. The minimum Gasteiger partial charge on any atom is -0.384 e. The average Bonchev–Trinajstić information content (AvgIpc) is 2.82. The molecule has 1 atom stereocenters. The Bertz CT molecular complexity index is 391. The Hall–Kier alpha value is -1.10. The molecule has 0 spiro atoms. The van der Waals surface area contributed by atoms with Gasteiger partial charge in [-0.25, -0.2) is 0 Å². The lowest BCUT2D eigenvalue weighted by atomic mass is 10.0. The lowest BCUT2D eigenvalue weighted by Gasteiger charge is -2.29. The van der Waals surface area contributed by atoms with Crippen molar-refractivity contribution in [1.29, 1.82) is 0 Å². The first-order valence-electron chi connectivity index (χ1n) is 7.02. The van der Waals surface area contributed by atoms with E-state index in [1.54, 1.807) is 0 Å². The van der Waals surface area contributed by atoms with Crippen LogP contribution >= 0.6 is 0 Å². The molecule has 1 N–H and O–H groups in total. The number of hydrogen-bond acceptors (Lipinski definition) is 4. The van der Waals surface area contributed by atoms with Gasteiger partial charge in [-0.05, 0) is 32.5 Å². The van der Waals surface area contributed by atoms with Crippen molar-refractivity contribution < 1.29 is 9.47 Å². The quantitative estimate of drug-likeness (QED) is 0.767. The maximum Gasteiger partial charge on any atom is 0.218 e. The zero-order chi connectivity index (χ0) is 13.7. The highest BCUT2D eigenvalue weighted by Crippen LogP contribution is 2.31. The van der Waals surface area contributed by atoms with Crippen LogP contribution < -0.4 is 5.32 Å². The Morgan fingerprint density at radius 1 is 1.26 bits per heavy atom. The summed E-state index contributed by atoms with van der Waals surface area (Å²) in [6, 6.07) is 8.50. The topological polar surface area (TPSA) is 33.7 Å². The highest BCUT2D eigenvalue weighted by atomic mass is 16.7. The fourth-order valence-electron chi connectivity index (χ4n) is 2.54. The van der Waals surface area contributed by atoms with E-state index < -0.39 is 0 Å². The van der Waals surface area contributed by atoms with Gasteiger partial charge in [-0.3, -0.25) is 4.90 Å². The van der Waals surface area contributed by atoms with Gasteiger partial charge in [0.1, 0.15) is 0 Å². The van der Waals surface area contributed by atoms with Crippen LogP contribution in [0.2, 0.25) is 0 Å². The van der Waals surface area contributed by atoms with Crippen molar-refractivity contribution in [3.05, 3.63) is 29.8 Å². The third-order valence-electron chi connectivity index (χ3n) is 3.43. The van der Waals surface area contributed by atoms with Crippen molar-refractivity contribution in [3.8, 4) is 0 Å². The van der Waals surface area contributed by atoms with Crippen LogP contribution in [0.15, 0.2) is 24.3 Å². The Balaban J connectivity index is 1.97. The zero-order valence-electron chi connectivity index (χ0n) is 12.1. The van der Waals surface area contributed by atoms with Crippen LogP contribution in [-0.4, -0.2) is 44.7 Å². The molecule has 1 heterocycles. The first-order chi connectivity index (χ1) is 9.26. The second kappa shape index (κ2) is 6.89. The van der Waals surface area contributed by atoms with Crippen LogP contribution in [0, 0.1) is 0 Å². The second-order valence-electron chi connectivity index (χ2n) is 4.82. The van der Waals surface area contributed by atoms with Gasteiger partial charge in [0.05, 0.1) is 0 Å². The summed E-state index contributed by atoms with van der Waals surface area (Å²) >= 11 is 0. The molecule has 4 nitrogen and oxygen atoms in total. The first kappa shape index (κ1) is 14.3. The number of hydrogen-bond donors (Lipinski definition) is 1. The third-order valence-corrected chi connectivity index (χ3v) is 3.43. The molecule has 0 aliphatic carbocycles. The van der Waals surface area contributed by atoms with Gasteiger partial charge >= 0.3 is 0 Å². The van der Waals surface area contributed by atoms with Gasteiger partial charge in [-0.15, -0.1) is 0 Å². The van der Waals surface area contributed by atoms with E-state index >= 15 is 0 Å². The number of ether oxygens (including phenoxy) is 2. The number of likely N-dealkylation sites (N-methyl/N-ethyl adjacent to an activating group) is 1. The van der Waals surface area contributed by atoms with Crippen LogP contribution in [-0.2, 0) is 9.47 Å². The summed E-state index contributed by atoms with van der Waals surface area (Å²) in [7, 11) is 2.05. The number of anilines is 1. The number of rotatable bonds is 7. The highest BCUT2D eigenvalue weighted by molar-refractivity contribution is 5.57. The number of nitrogens with zero attached hydrogens (tertiary/aromatic N) is 1. The normalized spacial score (nSPS) is 17.8. The summed E-state index contributed by atoms with van der Waals surface area (Å²) < 4.78 is 11.3. The van der Waals surface area contributed by atoms with Crippen LogP contribution in [0.3, 0.4) is 0 Å². The summed E-state index contributed by atoms with van der Waals surface area (Å²) in [6.45, 7) is 7.21. The summed E-state index contributed by atoms with van der Waals surface area (Å²) in [6.07, 6.45) is -0.247. The van der Waals surface area contributed by atoms with E-state index in [0.29, 0.717) is 19.1 Å². The van der Waals surface area contributed by atoms with Crippen LogP contribution in [0.4, 0.5) is 5.69 Å². The first-order valence-corrected chi connectivity index (χ1v) is 7.02. The Kier molecular flexibility index (Phi) is 5.19. The molecule has 19 heavy (non-hydrogen) atoms. The molecule has 1 aromatic carbocycles. The molecule has 1 aliphatic rings. The van der Waals surface area contributed by atoms with Gasteiger partial charge in [0.15, 0.2) is 0 Å². The standard InChI is InChI=1S/C15H24N2O2/c1-4-18-15(19-5-2)17(3)11-12-10-16-14-9-7-6-8-13(12)14/h6-9,12,15-16H,4-5,10-11H2,1-3H3/t12-/m1/s1. The summed E-state index contributed by atoms with van der Waals surface area (Å²) in [5.41, 5.74) is 2.64. The second-order valence-corrected chi connectivity index (χ2v) is 4.82. The molecule has 2 rings (SSSR count). The number of benzene rings is 1. The molecule has 0 bridgehead atoms. The molecule has 0 radical (unpaired) electrons. The predicted molar refractivity (Wildman–Crippen MR) is 77.3 cm³/mol. The molecule has 0 unspecified atom stereocenters. The predicted octanol–water partition coefficient (Wildman–Crippen LogP) is 2.48. The largest absolute Gasteiger partial charge is 0.384 e.